The molecule has 0 saturated heterocycles. The number of rotatable bonds is 11. The number of carbonyl (C=O) groups is 1. The van der Waals surface area contributed by atoms with Crippen molar-refractivity contribution in [2.24, 2.45) is 0 Å². The van der Waals surface area contributed by atoms with Crippen LogP contribution in [0.2, 0.25) is 0 Å². The van der Waals surface area contributed by atoms with Crippen molar-refractivity contribution in [1.29, 1.82) is 0 Å². The van der Waals surface area contributed by atoms with E-state index in [0.717, 1.165) is 42.0 Å². The average Bonchev–Trinajstić information content (AvgIpc) is 2.82. The zero-order chi connectivity index (χ0) is 22.9. The fourth-order valence-corrected chi connectivity index (χ4v) is 3.62. The molecule has 170 valence electrons. The summed E-state index contributed by atoms with van der Waals surface area (Å²) >= 11 is 0. The molecule has 0 bridgehead atoms. The molecule has 32 heavy (non-hydrogen) atoms. The van der Waals surface area contributed by atoms with Crippen LogP contribution < -0.4 is 14.2 Å². The van der Waals surface area contributed by atoms with Crippen LogP contribution >= 0.6 is 0 Å². The molecule has 0 heterocycles. The van der Waals surface area contributed by atoms with Crippen molar-refractivity contribution in [3.05, 3.63) is 65.7 Å². The predicted molar refractivity (Wildman–Crippen MR) is 127 cm³/mol. The third-order valence-electron chi connectivity index (χ3n) is 5.40. The summed E-state index contributed by atoms with van der Waals surface area (Å²) < 4.78 is 22.6. The van der Waals surface area contributed by atoms with E-state index in [-0.39, 0.29) is 0 Å². The normalized spacial score (nSPS) is 11.9. The van der Waals surface area contributed by atoms with Gasteiger partial charge in [0.1, 0.15) is 0 Å². The number of esters is 1. The zero-order valence-electron chi connectivity index (χ0n) is 19.4. The number of hydrogen-bond acceptors (Lipinski definition) is 5. The molecule has 5 heteroatoms. The summed E-state index contributed by atoms with van der Waals surface area (Å²) in [5, 5.41) is 1.70. The van der Waals surface area contributed by atoms with Crippen molar-refractivity contribution in [1.82, 2.24) is 0 Å². The monoisotopic (exact) mass is 436 g/mol. The van der Waals surface area contributed by atoms with Gasteiger partial charge < -0.3 is 18.9 Å². The lowest BCUT2D eigenvalue weighted by molar-refractivity contribution is -0.146. The second-order valence-electron chi connectivity index (χ2n) is 7.80. The molecular weight excluding hydrogens is 404 g/mol. The van der Waals surface area contributed by atoms with Crippen LogP contribution in [0.3, 0.4) is 0 Å². The Morgan fingerprint density at radius 3 is 2.38 bits per heavy atom. The maximum Gasteiger partial charge on any atom is 0.340 e. The van der Waals surface area contributed by atoms with E-state index in [1.807, 2.05) is 36.4 Å². The summed E-state index contributed by atoms with van der Waals surface area (Å²) in [6, 6.07) is 18.3. The largest absolute Gasteiger partial charge is 0.493 e. The van der Waals surface area contributed by atoms with Crippen molar-refractivity contribution < 1.29 is 23.7 Å². The molecule has 0 radical (unpaired) electrons. The second-order valence-corrected chi connectivity index (χ2v) is 7.80. The highest BCUT2D eigenvalue weighted by molar-refractivity contribution is 5.96. The molecule has 0 N–H and O–H groups in total. The first-order valence-electron chi connectivity index (χ1n) is 11.1. The molecule has 0 aromatic heterocycles. The lowest BCUT2D eigenvalue weighted by Crippen LogP contribution is -2.26. The number of ether oxygens (including phenoxy) is 4. The fourth-order valence-electron chi connectivity index (χ4n) is 3.62. The third kappa shape index (κ3) is 5.80. The Hall–Kier alpha value is -3.05. The SMILES string of the molecule is CCCCCOC(C)C(=O)Oc1c(OC)c(OC)cc2ccc(Cc3ccccc3)cc12. The molecule has 0 saturated carbocycles. The van der Waals surface area contributed by atoms with Crippen LogP contribution in [0.15, 0.2) is 54.6 Å². The van der Waals surface area contributed by atoms with Gasteiger partial charge in [-0.25, -0.2) is 4.79 Å². The van der Waals surface area contributed by atoms with E-state index in [1.165, 1.54) is 5.56 Å². The van der Waals surface area contributed by atoms with Gasteiger partial charge in [0.15, 0.2) is 17.6 Å². The van der Waals surface area contributed by atoms with E-state index in [2.05, 4.69) is 25.1 Å². The van der Waals surface area contributed by atoms with Gasteiger partial charge in [-0.05, 0) is 48.4 Å². The summed E-state index contributed by atoms with van der Waals surface area (Å²) in [6.45, 7) is 4.37. The number of methoxy groups -OCH3 is 2. The third-order valence-corrected chi connectivity index (χ3v) is 5.40. The summed E-state index contributed by atoms with van der Waals surface area (Å²) in [4.78, 5) is 12.8. The molecule has 0 amide bonds. The molecule has 5 nitrogen and oxygen atoms in total. The topological polar surface area (TPSA) is 54.0 Å². The molecule has 0 aliphatic carbocycles. The van der Waals surface area contributed by atoms with Gasteiger partial charge in [0, 0.05) is 12.0 Å². The van der Waals surface area contributed by atoms with E-state index < -0.39 is 12.1 Å². The summed E-state index contributed by atoms with van der Waals surface area (Å²) in [6.07, 6.45) is 3.18. The minimum absolute atomic E-state index is 0.353. The van der Waals surface area contributed by atoms with Crippen LogP contribution in [-0.2, 0) is 16.0 Å². The van der Waals surface area contributed by atoms with Crippen LogP contribution in [-0.4, -0.2) is 32.9 Å². The first-order chi connectivity index (χ1) is 15.6. The van der Waals surface area contributed by atoms with Gasteiger partial charge in [-0.2, -0.15) is 0 Å². The number of carbonyl (C=O) groups excluding carboxylic acids is 1. The Bertz CT molecular complexity index is 1030. The Labute approximate surface area is 190 Å². The zero-order valence-corrected chi connectivity index (χ0v) is 19.4. The molecule has 0 aliphatic rings. The quantitative estimate of drug-likeness (QED) is 0.211. The van der Waals surface area contributed by atoms with Gasteiger partial charge in [0.05, 0.1) is 14.2 Å². The molecule has 0 fully saturated rings. The van der Waals surface area contributed by atoms with E-state index in [1.54, 1.807) is 21.1 Å². The molecular formula is C27H32O5. The Kier molecular flexibility index (Phi) is 8.51. The van der Waals surface area contributed by atoms with E-state index in [9.17, 15) is 4.79 Å². The first-order valence-corrected chi connectivity index (χ1v) is 11.1. The maximum absolute atomic E-state index is 12.8. The van der Waals surface area contributed by atoms with Crippen molar-refractivity contribution >= 4 is 16.7 Å². The lowest BCUT2D eigenvalue weighted by Gasteiger charge is -2.18. The lowest BCUT2D eigenvalue weighted by atomic mass is 10.00. The number of hydrogen-bond donors (Lipinski definition) is 0. The maximum atomic E-state index is 12.8. The molecule has 3 aromatic carbocycles. The van der Waals surface area contributed by atoms with E-state index >= 15 is 0 Å². The van der Waals surface area contributed by atoms with Gasteiger partial charge >= 0.3 is 5.97 Å². The minimum atomic E-state index is -0.676. The summed E-state index contributed by atoms with van der Waals surface area (Å²) in [7, 11) is 3.11. The molecule has 0 spiro atoms. The standard InChI is InChI=1S/C27H32O5/c1-5-6-10-15-31-19(2)27(28)32-25-23-17-21(16-20-11-8-7-9-12-20)13-14-22(23)18-24(29-3)26(25)30-4/h7-9,11-14,17-19H,5-6,10,15-16H2,1-4H3. The van der Waals surface area contributed by atoms with E-state index in [4.69, 9.17) is 18.9 Å². The van der Waals surface area contributed by atoms with Gasteiger partial charge in [-0.3, -0.25) is 0 Å². The van der Waals surface area contributed by atoms with Crippen LogP contribution in [0, 0.1) is 0 Å². The van der Waals surface area contributed by atoms with Crippen LogP contribution in [0.5, 0.6) is 17.2 Å². The van der Waals surface area contributed by atoms with Gasteiger partial charge in [-0.1, -0.05) is 62.2 Å². The molecule has 1 atom stereocenters. The Balaban J connectivity index is 1.93. The van der Waals surface area contributed by atoms with E-state index in [0.29, 0.717) is 23.9 Å². The first kappa shape index (κ1) is 23.6. The van der Waals surface area contributed by atoms with Gasteiger partial charge in [0.25, 0.3) is 0 Å². The number of fused-ring (bicyclic) bond motifs is 1. The second kappa shape index (κ2) is 11.5. The molecule has 3 aromatic rings. The van der Waals surface area contributed by atoms with Crippen LogP contribution in [0.25, 0.3) is 10.8 Å². The van der Waals surface area contributed by atoms with Crippen molar-refractivity contribution in [3.8, 4) is 17.2 Å². The Morgan fingerprint density at radius 1 is 0.906 bits per heavy atom. The van der Waals surface area contributed by atoms with Crippen molar-refractivity contribution in [2.75, 3.05) is 20.8 Å². The van der Waals surface area contributed by atoms with Gasteiger partial charge in [0.2, 0.25) is 5.75 Å². The highest BCUT2D eigenvalue weighted by Gasteiger charge is 2.23. The smallest absolute Gasteiger partial charge is 0.340 e. The molecule has 0 aliphatic heterocycles. The highest BCUT2D eigenvalue weighted by atomic mass is 16.6. The van der Waals surface area contributed by atoms with Crippen LogP contribution in [0.4, 0.5) is 0 Å². The molecule has 3 rings (SSSR count). The van der Waals surface area contributed by atoms with Crippen molar-refractivity contribution in [3.63, 3.8) is 0 Å². The van der Waals surface area contributed by atoms with Crippen LogP contribution in [0.1, 0.15) is 44.2 Å². The number of benzene rings is 3. The van der Waals surface area contributed by atoms with Gasteiger partial charge in [-0.15, -0.1) is 0 Å². The number of unbranched alkanes of at least 4 members (excludes halogenated alkanes) is 2. The molecule has 1 unspecified atom stereocenters. The average molecular weight is 437 g/mol. The fraction of sp³-hybridized carbons (Fsp3) is 0.370. The predicted octanol–water partition coefficient (Wildman–Crippen LogP) is 5.95. The van der Waals surface area contributed by atoms with Crippen molar-refractivity contribution in [2.45, 2.75) is 45.6 Å². The minimum Gasteiger partial charge on any atom is -0.493 e. The Morgan fingerprint density at radius 2 is 1.69 bits per heavy atom. The highest BCUT2D eigenvalue weighted by Crippen LogP contribution is 2.44. The summed E-state index contributed by atoms with van der Waals surface area (Å²) in [5.41, 5.74) is 2.32. The summed E-state index contributed by atoms with van der Waals surface area (Å²) in [5.74, 6) is 0.798.